The molecule has 0 aliphatic carbocycles. The van der Waals surface area contributed by atoms with Crippen LogP contribution in [0.4, 0.5) is 0 Å². The van der Waals surface area contributed by atoms with Crippen LogP contribution in [0.2, 0.25) is 0 Å². The maximum absolute atomic E-state index is 8.98. The van der Waals surface area contributed by atoms with E-state index in [-0.39, 0.29) is 12.0 Å². The maximum Gasteiger partial charge on any atom is 0.119 e. The molecule has 0 saturated carbocycles. The number of nitriles is 1. The van der Waals surface area contributed by atoms with E-state index in [2.05, 4.69) is 26.2 Å². The Morgan fingerprint density at radius 1 is 1.32 bits per heavy atom. The van der Waals surface area contributed by atoms with Gasteiger partial charge in [-0.25, -0.2) is 0 Å². The van der Waals surface area contributed by atoms with E-state index in [4.69, 9.17) is 10.00 Å². The Kier molecular flexibility index (Phi) is 8.37. The van der Waals surface area contributed by atoms with Crippen LogP contribution in [0.5, 0.6) is 0 Å². The van der Waals surface area contributed by atoms with E-state index >= 15 is 0 Å². The van der Waals surface area contributed by atoms with Crippen LogP contribution < -0.4 is 0 Å². The van der Waals surface area contributed by atoms with Crippen molar-refractivity contribution in [2.75, 3.05) is 0 Å². The Balaban J connectivity index is 4.53. The summed E-state index contributed by atoms with van der Waals surface area (Å²) < 4.78 is 5.41. The van der Waals surface area contributed by atoms with Gasteiger partial charge in [-0.2, -0.15) is 5.26 Å². The van der Waals surface area contributed by atoms with E-state index in [9.17, 15) is 0 Å². The van der Waals surface area contributed by atoms with Gasteiger partial charge in [0.2, 0.25) is 0 Å². The van der Waals surface area contributed by atoms with Crippen LogP contribution in [0.3, 0.4) is 0 Å². The third kappa shape index (κ3) is 7.31. The number of hydrogen-bond acceptors (Lipinski definition) is 2. The first kappa shape index (κ1) is 17.2. The van der Waals surface area contributed by atoms with E-state index in [1.165, 1.54) is 11.8 Å². The highest BCUT2D eigenvalue weighted by Gasteiger charge is 2.08. The van der Waals surface area contributed by atoms with Crippen molar-refractivity contribution in [1.82, 2.24) is 0 Å². The lowest BCUT2D eigenvalue weighted by molar-refractivity contribution is 0.169. The van der Waals surface area contributed by atoms with E-state index in [1.807, 2.05) is 32.9 Å². The van der Waals surface area contributed by atoms with Gasteiger partial charge in [0.25, 0.3) is 0 Å². The molecular weight excluding hydrogens is 234 g/mol. The van der Waals surface area contributed by atoms with Gasteiger partial charge in [0.1, 0.15) is 6.10 Å². The summed E-state index contributed by atoms with van der Waals surface area (Å²) >= 11 is 0. The fourth-order valence-electron chi connectivity index (χ4n) is 1.58. The van der Waals surface area contributed by atoms with E-state index in [0.29, 0.717) is 0 Å². The molecule has 2 nitrogen and oxygen atoms in total. The Morgan fingerprint density at radius 3 is 2.37 bits per heavy atom. The van der Waals surface area contributed by atoms with Crippen LogP contribution in [0.15, 0.2) is 48.3 Å². The Hall–Kier alpha value is -1.75. The quantitative estimate of drug-likeness (QED) is 0.268. The fourth-order valence-corrected chi connectivity index (χ4v) is 1.58. The van der Waals surface area contributed by atoms with Crippen molar-refractivity contribution in [3.8, 4) is 6.07 Å². The van der Waals surface area contributed by atoms with Crippen molar-refractivity contribution in [2.24, 2.45) is 5.92 Å². The van der Waals surface area contributed by atoms with Gasteiger partial charge in [0.15, 0.2) is 0 Å². The van der Waals surface area contributed by atoms with Gasteiger partial charge in [-0.1, -0.05) is 38.7 Å². The molecule has 0 aromatic heterocycles. The first-order valence-electron chi connectivity index (χ1n) is 6.61. The molecule has 19 heavy (non-hydrogen) atoms. The minimum absolute atomic E-state index is 0.0189. The number of rotatable bonds is 8. The highest BCUT2D eigenvalue weighted by atomic mass is 16.5. The monoisotopic (exact) mass is 259 g/mol. The molecule has 0 aliphatic rings. The predicted octanol–water partition coefficient (Wildman–Crippen LogP) is 4.92. The summed E-state index contributed by atoms with van der Waals surface area (Å²) in [4.78, 5) is 0. The molecule has 1 atom stereocenters. The molecule has 0 amide bonds. The summed E-state index contributed by atoms with van der Waals surface area (Å²) in [7, 11) is 0. The average Bonchev–Trinajstić information content (AvgIpc) is 2.34. The Morgan fingerprint density at radius 2 is 1.95 bits per heavy atom. The zero-order valence-corrected chi connectivity index (χ0v) is 12.6. The van der Waals surface area contributed by atoms with Gasteiger partial charge in [-0.05, 0) is 44.3 Å². The smallest absolute Gasteiger partial charge is 0.119 e. The van der Waals surface area contributed by atoms with E-state index < -0.39 is 0 Å². The van der Waals surface area contributed by atoms with Crippen LogP contribution >= 0.6 is 0 Å². The summed E-state index contributed by atoms with van der Waals surface area (Å²) in [6.45, 7) is 15.6. The van der Waals surface area contributed by atoms with Gasteiger partial charge < -0.3 is 4.74 Å². The van der Waals surface area contributed by atoms with Crippen molar-refractivity contribution in [3.05, 3.63) is 48.3 Å². The van der Waals surface area contributed by atoms with Crippen molar-refractivity contribution in [1.29, 1.82) is 5.26 Å². The van der Waals surface area contributed by atoms with Crippen LogP contribution in [0.25, 0.3) is 0 Å². The predicted molar refractivity (Wildman–Crippen MR) is 81.4 cm³/mol. The standard InChI is InChI=1S/C17H25NO/c1-7-19-17(14(4)5)11-9-15(6)8-10-16(12-18)13(2)3/h7-8,10,13,17H,1,4,9,11H2,2-3,5-6H3/b15-8+,16-10+. The van der Waals surface area contributed by atoms with Crippen LogP contribution in [0, 0.1) is 17.2 Å². The molecule has 1 unspecified atom stereocenters. The molecule has 0 aromatic rings. The van der Waals surface area contributed by atoms with Crippen molar-refractivity contribution < 1.29 is 4.74 Å². The molecule has 0 aromatic carbocycles. The molecule has 0 fully saturated rings. The minimum atomic E-state index is 0.0189. The fraction of sp³-hybridized carbons (Fsp3) is 0.471. The van der Waals surface area contributed by atoms with Gasteiger partial charge >= 0.3 is 0 Å². The Labute approximate surface area is 117 Å². The normalized spacial score (nSPS) is 13.9. The number of nitrogens with zero attached hydrogens (tertiary/aromatic N) is 1. The molecule has 0 spiro atoms. The third-order valence-electron chi connectivity index (χ3n) is 2.91. The number of hydrogen-bond donors (Lipinski definition) is 0. The second-order valence-corrected chi connectivity index (χ2v) is 5.08. The lowest BCUT2D eigenvalue weighted by Gasteiger charge is -2.16. The topological polar surface area (TPSA) is 33.0 Å². The lowest BCUT2D eigenvalue weighted by atomic mass is 10.0. The molecule has 0 heterocycles. The molecule has 0 N–H and O–H groups in total. The van der Waals surface area contributed by atoms with Gasteiger partial charge in [-0.3, -0.25) is 0 Å². The summed E-state index contributed by atoms with van der Waals surface area (Å²) in [5.41, 5.74) is 3.04. The summed E-state index contributed by atoms with van der Waals surface area (Å²) in [6.07, 6.45) is 7.20. The van der Waals surface area contributed by atoms with E-state index in [0.717, 1.165) is 24.0 Å². The molecule has 0 saturated heterocycles. The largest absolute Gasteiger partial charge is 0.494 e. The van der Waals surface area contributed by atoms with Crippen LogP contribution in [-0.2, 0) is 4.74 Å². The highest BCUT2D eigenvalue weighted by Crippen LogP contribution is 2.16. The maximum atomic E-state index is 8.98. The first-order chi connectivity index (χ1) is 8.92. The number of ether oxygens (including phenoxy) is 1. The second-order valence-electron chi connectivity index (χ2n) is 5.08. The second kappa shape index (κ2) is 9.22. The van der Waals surface area contributed by atoms with Crippen molar-refractivity contribution >= 4 is 0 Å². The minimum Gasteiger partial charge on any atom is -0.494 e. The molecule has 0 bridgehead atoms. The average molecular weight is 259 g/mol. The summed E-state index contributed by atoms with van der Waals surface area (Å²) in [5, 5.41) is 8.98. The molecule has 0 aliphatic heterocycles. The molecule has 104 valence electrons. The van der Waals surface area contributed by atoms with Crippen molar-refractivity contribution in [3.63, 3.8) is 0 Å². The van der Waals surface area contributed by atoms with Crippen molar-refractivity contribution in [2.45, 2.75) is 46.6 Å². The zero-order chi connectivity index (χ0) is 14.8. The molecular formula is C17H25NO. The van der Waals surface area contributed by atoms with Gasteiger partial charge in [-0.15, -0.1) is 0 Å². The summed E-state index contributed by atoms with van der Waals surface area (Å²) in [6, 6.07) is 2.22. The molecule has 0 radical (unpaired) electrons. The highest BCUT2D eigenvalue weighted by molar-refractivity contribution is 5.28. The third-order valence-corrected chi connectivity index (χ3v) is 2.91. The van der Waals surface area contributed by atoms with Gasteiger partial charge in [0, 0.05) is 5.57 Å². The number of allylic oxidation sites excluding steroid dienone is 4. The SMILES string of the molecule is C=COC(CC/C(C)=C/C=C(\C#N)C(C)C)C(=C)C. The lowest BCUT2D eigenvalue weighted by Crippen LogP contribution is -2.10. The molecule has 0 rings (SSSR count). The first-order valence-corrected chi connectivity index (χ1v) is 6.61. The Bertz CT molecular complexity index is 407. The van der Waals surface area contributed by atoms with Crippen LogP contribution in [-0.4, -0.2) is 6.10 Å². The molecule has 2 heteroatoms. The van der Waals surface area contributed by atoms with E-state index in [1.54, 1.807) is 0 Å². The van der Waals surface area contributed by atoms with Gasteiger partial charge in [0.05, 0.1) is 12.3 Å². The zero-order valence-electron chi connectivity index (χ0n) is 12.6. The summed E-state index contributed by atoms with van der Waals surface area (Å²) in [5.74, 6) is 0.265. The van der Waals surface area contributed by atoms with Crippen LogP contribution in [0.1, 0.15) is 40.5 Å².